The molecule has 0 aliphatic carbocycles. The monoisotopic (exact) mass is 532 g/mol. The third-order valence-corrected chi connectivity index (χ3v) is 7.98. The summed E-state index contributed by atoms with van der Waals surface area (Å²) in [5, 5.41) is 14.2. The van der Waals surface area contributed by atoms with E-state index in [4.69, 9.17) is 0 Å². The number of piperidine rings is 1. The Labute approximate surface area is 220 Å². The smallest absolute Gasteiger partial charge is 0.391 e. The van der Waals surface area contributed by atoms with Gasteiger partial charge in [0.05, 0.1) is 12.6 Å². The number of halogens is 3. The molecular formula is C27H35F3N6O2. The van der Waals surface area contributed by atoms with E-state index in [2.05, 4.69) is 38.4 Å². The average Bonchev–Trinajstić information content (AvgIpc) is 3.10. The fourth-order valence-corrected chi connectivity index (χ4v) is 5.92. The van der Waals surface area contributed by atoms with Crippen LogP contribution >= 0.6 is 0 Å². The third-order valence-electron chi connectivity index (χ3n) is 7.98. The molecular weight excluding hydrogens is 497 g/mol. The summed E-state index contributed by atoms with van der Waals surface area (Å²) in [5.41, 5.74) is 2.94. The fraction of sp³-hybridized carbons (Fsp3) is 0.593. The zero-order chi connectivity index (χ0) is 26.7. The molecule has 0 saturated carbocycles. The number of likely N-dealkylation sites (tertiary alicyclic amines) is 2. The molecule has 2 atom stereocenters. The standard InChI is InChI=1S/C27H35F3N6O2/c28-27(29,30)17-34-10-6-21(7-11-34)33-25-15-22(31-18-32-25)26(38)35-13-8-23(24(37)9-14-35)36-12-5-19-3-1-2-4-20(19)16-36/h1-4,15,18,21,23-24,37H,5-14,16-17H2,(H,31,32,33)/t23?,24-/m0/s1. The van der Waals surface area contributed by atoms with Gasteiger partial charge in [-0.15, -0.1) is 0 Å². The van der Waals surface area contributed by atoms with Crippen molar-refractivity contribution in [3.05, 3.63) is 53.5 Å². The van der Waals surface area contributed by atoms with E-state index in [-0.39, 0.29) is 23.7 Å². The molecule has 1 unspecified atom stereocenters. The quantitative estimate of drug-likeness (QED) is 0.613. The SMILES string of the molecule is O=C(c1cc(NC2CCN(CC(F)(F)F)CC2)ncn1)N1CCC(N2CCc3ccccc3C2)[C@@H](O)CC1. The second-order valence-electron chi connectivity index (χ2n) is 10.6. The first-order chi connectivity index (χ1) is 18.2. The number of aliphatic hydroxyl groups is 1. The van der Waals surface area contributed by atoms with Gasteiger partial charge in [0.15, 0.2) is 0 Å². The molecule has 0 bridgehead atoms. The molecule has 3 aliphatic rings. The number of benzene rings is 1. The second kappa shape index (κ2) is 11.5. The van der Waals surface area contributed by atoms with Crippen molar-refractivity contribution in [3.63, 3.8) is 0 Å². The second-order valence-corrected chi connectivity index (χ2v) is 10.6. The van der Waals surface area contributed by atoms with Crippen LogP contribution in [0, 0.1) is 0 Å². The van der Waals surface area contributed by atoms with Crippen molar-refractivity contribution in [1.82, 2.24) is 24.7 Å². The lowest BCUT2D eigenvalue weighted by molar-refractivity contribution is -0.147. The van der Waals surface area contributed by atoms with Crippen LogP contribution < -0.4 is 5.32 Å². The van der Waals surface area contributed by atoms with E-state index in [0.717, 1.165) is 19.5 Å². The number of nitrogens with one attached hydrogen (secondary N) is 1. The van der Waals surface area contributed by atoms with Crippen molar-refractivity contribution in [2.75, 3.05) is 44.6 Å². The first-order valence-electron chi connectivity index (χ1n) is 13.4. The minimum atomic E-state index is -4.19. The summed E-state index contributed by atoms with van der Waals surface area (Å²) in [7, 11) is 0. The number of hydrogen-bond donors (Lipinski definition) is 2. The van der Waals surface area contributed by atoms with E-state index in [1.165, 1.54) is 22.4 Å². The number of fused-ring (bicyclic) bond motifs is 1. The molecule has 3 aliphatic heterocycles. The average molecular weight is 533 g/mol. The van der Waals surface area contributed by atoms with Crippen LogP contribution in [-0.2, 0) is 13.0 Å². The topological polar surface area (TPSA) is 84.8 Å². The van der Waals surface area contributed by atoms with Crippen LogP contribution in [0.15, 0.2) is 36.7 Å². The van der Waals surface area contributed by atoms with Gasteiger partial charge in [0, 0.05) is 57.4 Å². The number of aliphatic hydroxyl groups excluding tert-OH is 1. The van der Waals surface area contributed by atoms with E-state index in [1.54, 1.807) is 11.0 Å². The minimum Gasteiger partial charge on any atom is -0.391 e. The number of anilines is 1. The Hall–Kier alpha value is -2.76. The molecule has 0 spiro atoms. The summed E-state index contributed by atoms with van der Waals surface area (Å²) in [4.78, 5) is 27.3. The Morgan fingerprint density at radius 2 is 1.74 bits per heavy atom. The fourth-order valence-electron chi connectivity index (χ4n) is 5.92. The number of rotatable bonds is 5. The minimum absolute atomic E-state index is 0.00741. The Kier molecular flexibility index (Phi) is 8.15. The van der Waals surface area contributed by atoms with E-state index in [0.29, 0.717) is 57.7 Å². The van der Waals surface area contributed by atoms with Crippen LogP contribution in [-0.4, -0.2) is 99.3 Å². The highest BCUT2D eigenvalue weighted by molar-refractivity contribution is 5.92. The van der Waals surface area contributed by atoms with Crippen molar-refractivity contribution in [2.24, 2.45) is 0 Å². The van der Waals surface area contributed by atoms with E-state index in [1.807, 2.05) is 6.07 Å². The third kappa shape index (κ3) is 6.62. The van der Waals surface area contributed by atoms with Gasteiger partial charge in [0.1, 0.15) is 17.8 Å². The maximum atomic E-state index is 13.3. The Morgan fingerprint density at radius 1 is 1.00 bits per heavy atom. The largest absolute Gasteiger partial charge is 0.401 e. The van der Waals surface area contributed by atoms with Gasteiger partial charge in [-0.05, 0) is 43.2 Å². The highest BCUT2D eigenvalue weighted by Crippen LogP contribution is 2.26. The lowest BCUT2D eigenvalue weighted by Gasteiger charge is -2.37. The molecule has 1 aromatic carbocycles. The molecule has 1 amide bonds. The van der Waals surface area contributed by atoms with Crippen LogP contribution in [0.4, 0.5) is 19.0 Å². The summed E-state index contributed by atoms with van der Waals surface area (Å²) in [6.45, 7) is 2.50. The summed E-state index contributed by atoms with van der Waals surface area (Å²) < 4.78 is 37.9. The van der Waals surface area contributed by atoms with Crippen molar-refractivity contribution in [1.29, 1.82) is 0 Å². The molecule has 38 heavy (non-hydrogen) atoms. The molecule has 2 saturated heterocycles. The molecule has 4 heterocycles. The van der Waals surface area contributed by atoms with Crippen molar-refractivity contribution < 1.29 is 23.1 Å². The van der Waals surface area contributed by atoms with Gasteiger partial charge in [0.2, 0.25) is 0 Å². The van der Waals surface area contributed by atoms with Gasteiger partial charge in [-0.25, -0.2) is 9.97 Å². The summed E-state index contributed by atoms with van der Waals surface area (Å²) in [6.07, 6.45) is -0.0853. The van der Waals surface area contributed by atoms with Gasteiger partial charge in [0.25, 0.3) is 5.91 Å². The first-order valence-corrected chi connectivity index (χ1v) is 13.4. The normalized spacial score (nSPS) is 24.1. The molecule has 11 heteroatoms. The molecule has 8 nitrogen and oxygen atoms in total. The number of alkyl halides is 3. The van der Waals surface area contributed by atoms with E-state index in [9.17, 15) is 23.1 Å². The predicted molar refractivity (Wildman–Crippen MR) is 137 cm³/mol. The number of carbonyl (C=O) groups excluding carboxylic acids is 1. The maximum Gasteiger partial charge on any atom is 0.401 e. The number of hydrogen-bond acceptors (Lipinski definition) is 7. The van der Waals surface area contributed by atoms with Crippen molar-refractivity contribution in [3.8, 4) is 0 Å². The van der Waals surface area contributed by atoms with Crippen LogP contribution in [0.5, 0.6) is 0 Å². The van der Waals surface area contributed by atoms with E-state index < -0.39 is 18.8 Å². The highest BCUT2D eigenvalue weighted by atomic mass is 19.4. The van der Waals surface area contributed by atoms with Gasteiger partial charge < -0.3 is 15.3 Å². The summed E-state index contributed by atoms with van der Waals surface area (Å²) >= 11 is 0. The summed E-state index contributed by atoms with van der Waals surface area (Å²) in [5.74, 6) is 0.296. The van der Waals surface area contributed by atoms with Crippen LogP contribution in [0.3, 0.4) is 0 Å². The van der Waals surface area contributed by atoms with Gasteiger partial charge >= 0.3 is 6.18 Å². The Bertz CT molecular complexity index is 1110. The molecule has 2 N–H and O–H groups in total. The molecule has 0 radical (unpaired) electrons. The summed E-state index contributed by atoms with van der Waals surface area (Å²) in [6, 6.07) is 10.0. The highest BCUT2D eigenvalue weighted by Gasteiger charge is 2.34. The van der Waals surface area contributed by atoms with Crippen LogP contribution in [0.2, 0.25) is 0 Å². The zero-order valence-corrected chi connectivity index (χ0v) is 21.4. The van der Waals surface area contributed by atoms with Gasteiger partial charge in [-0.3, -0.25) is 14.6 Å². The van der Waals surface area contributed by atoms with E-state index >= 15 is 0 Å². The Balaban J connectivity index is 1.16. The zero-order valence-electron chi connectivity index (χ0n) is 21.4. The lowest BCUT2D eigenvalue weighted by atomic mass is 9.96. The molecule has 2 aromatic rings. The number of nitrogens with zero attached hydrogens (tertiary/aromatic N) is 5. The lowest BCUT2D eigenvalue weighted by Crippen LogP contribution is -2.46. The van der Waals surface area contributed by atoms with Crippen molar-refractivity contribution in [2.45, 2.75) is 63.0 Å². The molecule has 2 fully saturated rings. The van der Waals surface area contributed by atoms with Gasteiger partial charge in [-0.1, -0.05) is 24.3 Å². The Morgan fingerprint density at radius 3 is 2.50 bits per heavy atom. The molecule has 5 rings (SSSR count). The molecule has 1 aromatic heterocycles. The number of amides is 1. The molecule has 206 valence electrons. The maximum absolute atomic E-state index is 13.3. The number of aromatic nitrogens is 2. The van der Waals surface area contributed by atoms with Crippen LogP contribution in [0.1, 0.15) is 47.3 Å². The van der Waals surface area contributed by atoms with Gasteiger partial charge in [-0.2, -0.15) is 13.2 Å². The van der Waals surface area contributed by atoms with Crippen LogP contribution in [0.25, 0.3) is 0 Å². The first kappa shape index (κ1) is 26.8. The van der Waals surface area contributed by atoms with Crippen molar-refractivity contribution >= 4 is 11.7 Å². The predicted octanol–water partition coefficient (Wildman–Crippen LogP) is 2.94. The number of carbonyl (C=O) groups is 1.